The molecule has 1 unspecified atom stereocenters. The topological polar surface area (TPSA) is 12.0 Å². The fourth-order valence-corrected chi connectivity index (χ4v) is 2.32. The average molecular weight is 248 g/mol. The van der Waals surface area contributed by atoms with Crippen LogP contribution < -0.4 is 5.32 Å². The molecule has 1 N–H and O–H groups in total. The summed E-state index contributed by atoms with van der Waals surface area (Å²) in [6.07, 6.45) is 2.68. The molecule has 0 bridgehead atoms. The molecule has 0 aliphatic heterocycles. The second-order valence-electron chi connectivity index (χ2n) is 4.73. The lowest BCUT2D eigenvalue weighted by Gasteiger charge is -2.16. The lowest BCUT2D eigenvalue weighted by atomic mass is 10.00. The van der Waals surface area contributed by atoms with E-state index in [1.165, 1.54) is 29.2 Å². The maximum atomic E-state index is 3.66. The van der Waals surface area contributed by atoms with Crippen molar-refractivity contribution < 1.29 is 0 Å². The molecule has 0 aromatic heterocycles. The zero-order valence-electron chi connectivity index (χ0n) is 10.0. The van der Waals surface area contributed by atoms with E-state index in [2.05, 4.69) is 54.7 Å². The van der Waals surface area contributed by atoms with Crippen LogP contribution in [0, 0.1) is 0 Å². The highest BCUT2D eigenvalue weighted by Gasteiger charge is 2.23. The van der Waals surface area contributed by atoms with Crippen molar-refractivity contribution in [3.05, 3.63) is 48.0 Å². The van der Waals surface area contributed by atoms with Gasteiger partial charge in [0.25, 0.3) is 0 Å². The van der Waals surface area contributed by atoms with Gasteiger partial charge in [0.15, 0.2) is 0 Å². The van der Waals surface area contributed by atoms with Crippen LogP contribution in [0.3, 0.4) is 0 Å². The monoisotopic (exact) mass is 247 g/mol. The van der Waals surface area contributed by atoms with Crippen LogP contribution in [0.1, 0.15) is 31.4 Å². The number of rotatable bonds is 3. The second-order valence-corrected chi connectivity index (χ2v) is 4.73. The van der Waals surface area contributed by atoms with Crippen LogP contribution in [0.15, 0.2) is 42.5 Å². The Balaban J connectivity index is 0.00000108. The molecule has 3 rings (SSSR count). The molecule has 0 heterocycles. The molecule has 0 spiro atoms. The van der Waals surface area contributed by atoms with Crippen molar-refractivity contribution in [2.45, 2.75) is 31.8 Å². The van der Waals surface area contributed by atoms with Gasteiger partial charge < -0.3 is 5.32 Å². The molecule has 2 aromatic carbocycles. The zero-order chi connectivity index (χ0) is 11.0. The van der Waals surface area contributed by atoms with Gasteiger partial charge in [-0.25, -0.2) is 0 Å². The second kappa shape index (κ2) is 5.07. The summed E-state index contributed by atoms with van der Waals surface area (Å²) in [4.78, 5) is 0. The normalized spacial score (nSPS) is 16.5. The number of nitrogens with one attached hydrogen (secondary N) is 1. The van der Waals surface area contributed by atoms with E-state index in [0.717, 1.165) is 6.04 Å². The molecule has 2 aromatic rings. The molecule has 1 aliphatic rings. The molecule has 1 nitrogen and oxygen atoms in total. The molecular formula is C15H18ClN. The van der Waals surface area contributed by atoms with Crippen LogP contribution in [0.25, 0.3) is 10.8 Å². The maximum absolute atomic E-state index is 3.66. The highest BCUT2D eigenvalue weighted by atomic mass is 35.5. The molecule has 0 radical (unpaired) electrons. The van der Waals surface area contributed by atoms with Gasteiger partial charge in [0.1, 0.15) is 0 Å². The van der Waals surface area contributed by atoms with Crippen molar-refractivity contribution in [1.82, 2.24) is 5.32 Å². The fourth-order valence-electron chi connectivity index (χ4n) is 2.32. The van der Waals surface area contributed by atoms with Crippen molar-refractivity contribution in [3.63, 3.8) is 0 Å². The van der Waals surface area contributed by atoms with Gasteiger partial charge >= 0.3 is 0 Å². The zero-order valence-corrected chi connectivity index (χ0v) is 10.8. The maximum Gasteiger partial charge on any atom is 0.0300 e. The molecule has 0 saturated heterocycles. The summed E-state index contributed by atoms with van der Waals surface area (Å²) in [5, 5.41) is 6.38. The van der Waals surface area contributed by atoms with E-state index in [-0.39, 0.29) is 12.4 Å². The van der Waals surface area contributed by atoms with Gasteiger partial charge in [-0.05, 0) is 36.1 Å². The van der Waals surface area contributed by atoms with Crippen LogP contribution in [-0.2, 0) is 0 Å². The highest BCUT2D eigenvalue weighted by molar-refractivity contribution is 5.86. The Kier molecular flexibility index (Phi) is 3.70. The Morgan fingerprint density at radius 3 is 2.53 bits per heavy atom. The van der Waals surface area contributed by atoms with Crippen LogP contribution in [0.2, 0.25) is 0 Å². The van der Waals surface area contributed by atoms with E-state index in [1.807, 2.05) is 0 Å². The summed E-state index contributed by atoms with van der Waals surface area (Å²) in [6, 6.07) is 16.4. The molecule has 0 amide bonds. The minimum Gasteiger partial charge on any atom is -0.307 e. The molecule has 1 saturated carbocycles. The van der Waals surface area contributed by atoms with Crippen molar-refractivity contribution in [3.8, 4) is 0 Å². The lowest BCUT2D eigenvalue weighted by molar-refractivity contribution is 0.574. The van der Waals surface area contributed by atoms with Gasteiger partial charge in [-0.3, -0.25) is 0 Å². The third kappa shape index (κ3) is 2.62. The summed E-state index contributed by atoms with van der Waals surface area (Å²) < 4.78 is 0. The van der Waals surface area contributed by atoms with Gasteiger partial charge in [0.2, 0.25) is 0 Å². The summed E-state index contributed by atoms with van der Waals surface area (Å²) in [6.45, 7) is 2.26. The van der Waals surface area contributed by atoms with E-state index in [1.54, 1.807) is 0 Å². The van der Waals surface area contributed by atoms with E-state index in [0.29, 0.717) is 6.04 Å². The quantitative estimate of drug-likeness (QED) is 0.862. The van der Waals surface area contributed by atoms with E-state index >= 15 is 0 Å². The Bertz CT molecular complexity index is 500. The molecule has 2 heteroatoms. The Morgan fingerprint density at radius 2 is 1.76 bits per heavy atom. The average Bonchev–Trinajstić information content (AvgIpc) is 3.12. The van der Waals surface area contributed by atoms with Crippen LogP contribution in [-0.4, -0.2) is 6.04 Å². The van der Waals surface area contributed by atoms with Gasteiger partial charge in [0, 0.05) is 12.1 Å². The predicted octanol–water partition coefficient (Wildman–Crippen LogP) is 4.07. The third-order valence-corrected chi connectivity index (χ3v) is 3.35. The number of hydrogen-bond donors (Lipinski definition) is 1. The molecule has 17 heavy (non-hydrogen) atoms. The molecule has 1 atom stereocenters. The third-order valence-electron chi connectivity index (χ3n) is 3.35. The minimum atomic E-state index is 0. The summed E-state index contributed by atoms with van der Waals surface area (Å²) in [5.74, 6) is 0. The van der Waals surface area contributed by atoms with Gasteiger partial charge in [-0.1, -0.05) is 42.5 Å². The molecule has 1 fully saturated rings. The summed E-state index contributed by atoms with van der Waals surface area (Å²) in [5.41, 5.74) is 1.42. The molecular weight excluding hydrogens is 230 g/mol. The Labute approximate surface area is 109 Å². The van der Waals surface area contributed by atoms with Crippen molar-refractivity contribution >= 4 is 23.2 Å². The first-order valence-corrected chi connectivity index (χ1v) is 6.08. The SMILES string of the molecule is CC(NC1CC1)c1cccc2ccccc12.Cl. The summed E-state index contributed by atoms with van der Waals surface area (Å²) in [7, 11) is 0. The summed E-state index contributed by atoms with van der Waals surface area (Å²) >= 11 is 0. The predicted molar refractivity (Wildman–Crippen MR) is 75.8 cm³/mol. The highest BCUT2D eigenvalue weighted by Crippen LogP contribution is 2.28. The lowest BCUT2D eigenvalue weighted by Crippen LogP contribution is -2.20. The van der Waals surface area contributed by atoms with Crippen LogP contribution in [0.4, 0.5) is 0 Å². The Morgan fingerprint density at radius 1 is 1.06 bits per heavy atom. The van der Waals surface area contributed by atoms with Crippen LogP contribution in [0.5, 0.6) is 0 Å². The van der Waals surface area contributed by atoms with Gasteiger partial charge in [-0.2, -0.15) is 0 Å². The van der Waals surface area contributed by atoms with Crippen molar-refractivity contribution in [1.29, 1.82) is 0 Å². The van der Waals surface area contributed by atoms with E-state index in [9.17, 15) is 0 Å². The number of halogens is 1. The fraction of sp³-hybridized carbons (Fsp3) is 0.333. The Hall–Kier alpha value is -1.05. The molecule has 90 valence electrons. The number of hydrogen-bond acceptors (Lipinski definition) is 1. The van der Waals surface area contributed by atoms with Gasteiger partial charge in [-0.15, -0.1) is 12.4 Å². The minimum absolute atomic E-state index is 0. The first-order valence-electron chi connectivity index (χ1n) is 6.08. The smallest absolute Gasteiger partial charge is 0.0300 e. The molecule has 1 aliphatic carbocycles. The standard InChI is InChI=1S/C15H17N.ClH/c1-11(16-13-9-10-13)14-8-4-6-12-5-2-3-7-15(12)14;/h2-8,11,13,16H,9-10H2,1H3;1H. The van der Waals surface area contributed by atoms with E-state index in [4.69, 9.17) is 0 Å². The van der Waals surface area contributed by atoms with Gasteiger partial charge in [0.05, 0.1) is 0 Å². The largest absolute Gasteiger partial charge is 0.307 e. The van der Waals surface area contributed by atoms with E-state index < -0.39 is 0 Å². The van der Waals surface area contributed by atoms with Crippen molar-refractivity contribution in [2.24, 2.45) is 0 Å². The van der Waals surface area contributed by atoms with Crippen molar-refractivity contribution in [2.75, 3.05) is 0 Å². The first kappa shape index (κ1) is 12.4. The number of benzene rings is 2. The number of fused-ring (bicyclic) bond motifs is 1. The first-order chi connectivity index (χ1) is 7.84. The van der Waals surface area contributed by atoms with Crippen LogP contribution >= 0.6 is 12.4 Å².